The van der Waals surface area contributed by atoms with Crippen LogP contribution in [-0.2, 0) is 0 Å². The lowest BCUT2D eigenvalue weighted by Gasteiger charge is -2.08. The van der Waals surface area contributed by atoms with Crippen molar-refractivity contribution >= 4 is 35.1 Å². The lowest BCUT2D eigenvalue weighted by Crippen LogP contribution is -1.87. The summed E-state index contributed by atoms with van der Waals surface area (Å²) in [7, 11) is 0. The zero-order chi connectivity index (χ0) is 19.2. The number of rotatable bonds is 6. The minimum Gasteiger partial charge on any atom is -0.255 e. The van der Waals surface area contributed by atoms with Gasteiger partial charge in [0.2, 0.25) is 0 Å². The van der Waals surface area contributed by atoms with Gasteiger partial charge in [-0.3, -0.25) is 9.98 Å². The molecule has 0 saturated heterocycles. The second-order valence-electron chi connectivity index (χ2n) is 7.18. The fourth-order valence-electron chi connectivity index (χ4n) is 2.96. The van der Waals surface area contributed by atoms with Crippen LogP contribution in [0.2, 0.25) is 0 Å². The molecule has 0 atom stereocenters. The number of hydrogen-bond acceptors (Lipinski definition) is 3. The molecule has 0 bridgehead atoms. The van der Waals surface area contributed by atoms with Gasteiger partial charge in [0.1, 0.15) is 0 Å². The molecule has 0 spiro atoms. The van der Waals surface area contributed by atoms with Crippen molar-refractivity contribution in [1.29, 1.82) is 0 Å². The Morgan fingerprint density at radius 1 is 0.630 bits per heavy atom. The van der Waals surface area contributed by atoms with Crippen molar-refractivity contribution in [2.75, 3.05) is 0 Å². The fraction of sp³-hybridized carbons (Fsp3) is 0.250. The zero-order valence-electron chi connectivity index (χ0n) is 16.4. The summed E-state index contributed by atoms with van der Waals surface area (Å²) in [5.74, 6) is 0.927. The first-order chi connectivity index (χ1) is 13.0. The summed E-state index contributed by atoms with van der Waals surface area (Å²) in [6, 6.07) is 20.9. The zero-order valence-corrected chi connectivity index (χ0v) is 17.2. The Morgan fingerprint density at radius 2 is 1.04 bits per heavy atom. The van der Waals surface area contributed by atoms with Crippen molar-refractivity contribution in [3.8, 4) is 0 Å². The number of thiophene rings is 1. The topological polar surface area (TPSA) is 24.7 Å². The van der Waals surface area contributed by atoms with Crippen LogP contribution in [0.3, 0.4) is 0 Å². The van der Waals surface area contributed by atoms with Crippen molar-refractivity contribution in [2.45, 2.75) is 39.5 Å². The minimum absolute atomic E-state index is 0.463. The summed E-state index contributed by atoms with van der Waals surface area (Å²) in [4.78, 5) is 11.7. The van der Waals surface area contributed by atoms with Crippen LogP contribution in [0, 0.1) is 0 Å². The Kier molecular flexibility index (Phi) is 6.36. The largest absolute Gasteiger partial charge is 0.255 e. The van der Waals surface area contributed by atoms with E-state index < -0.39 is 0 Å². The quantitative estimate of drug-likeness (QED) is 0.399. The molecule has 138 valence electrons. The fourth-order valence-corrected chi connectivity index (χ4v) is 3.72. The minimum atomic E-state index is 0.463. The monoisotopic (exact) mass is 374 g/mol. The van der Waals surface area contributed by atoms with E-state index in [0.29, 0.717) is 11.8 Å². The van der Waals surface area contributed by atoms with Gasteiger partial charge in [0.15, 0.2) is 0 Å². The lowest BCUT2D eigenvalue weighted by atomic mass is 10.0. The maximum absolute atomic E-state index is 4.71. The van der Waals surface area contributed by atoms with Crippen molar-refractivity contribution in [3.05, 3.63) is 81.5 Å². The highest BCUT2D eigenvalue weighted by Gasteiger charge is 2.05. The van der Waals surface area contributed by atoms with Gasteiger partial charge in [-0.05, 0) is 47.2 Å². The van der Waals surface area contributed by atoms with Gasteiger partial charge in [-0.1, -0.05) is 64.1 Å². The average Bonchev–Trinajstić information content (AvgIpc) is 3.13. The third-order valence-corrected chi connectivity index (χ3v) is 5.38. The predicted octanol–water partition coefficient (Wildman–Crippen LogP) is 7.50. The van der Waals surface area contributed by atoms with Gasteiger partial charge in [-0.25, -0.2) is 0 Å². The molecule has 0 saturated carbocycles. The van der Waals surface area contributed by atoms with Crippen LogP contribution < -0.4 is 0 Å². The molecule has 3 rings (SSSR count). The number of benzene rings is 2. The number of aliphatic imine (C=N–C) groups is 2. The van der Waals surface area contributed by atoms with Crippen LogP contribution in [0.1, 0.15) is 60.4 Å². The van der Waals surface area contributed by atoms with Crippen LogP contribution >= 0.6 is 11.3 Å². The van der Waals surface area contributed by atoms with Crippen molar-refractivity contribution in [3.63, 3.8) is 0 Å². The summed E-state index contributed by atoms with van der Waals surface area (Å²) >= 11 is 1.70. The van der Waals surface area contributed by atoms with E-state index in [0.717, 1.165) is 21.1 Å². The molecule has 1 heterocycles. The average molecular weight is 375 g/mol. The van der Waals surface area contributed by atoms with E-state index in [1.54, 1.807) is 11.3 Å². The summed E-state index contributed by atoms with van der Waals surface area (Å²) in [5, 5.41) is 0. The molecule has 2 nitrogen and oxygen atoms in total. The van der Waals surface area contributed by atoms with Crippen LogP contribution in [0.15, 0.2) is 70.6 Å². The SMILES string of the molecule is CC(C)c1ccccc1N=Cc1ccc(C=Nc2ccccc2C(C)C)s1. The van der Waals surface area contributed by atoms with Gasteiger partial charge in [-0.15, -0.1) is 11.3 Å². The first-order valence-electron chi connectivity index (χ1n) is 9.40. The molecule has 3 heteroatoms. The van der Waals surface area contributed by atoms with Gasteiger partial charge >= 0.3 is 0 Å². The summed E-state index contributed by atoms with van der Waals surface area (Å²) in [6.45, 7) is 8.79. The molecule has 27 heavy (non-hydrogen) atoms. The normalized spacial score (nSPS) is 12.1. The summed E-state index contributed by atoms with van der Waals surface area (Å²) in [6.07, 6.45) is 3.90. The maximum atomic E-state index is 4.71. The third kappa shape index (κ3) is 5.01. The van der Waals surface area contributed by atoms with Crippen molar-refractivity contribution in [1.82, 2.24) is 0 Å². The van der Waals surface area contributed by atoms with Crippen LogP contribution in [0.5, 0.6) is 0 Å². The second-order valence-corrected chi connectivity index (χ2v) is 8.33. The third-order valence-electron chi connectivity index (χ3n) is 4.43. The first-order valence-corrected chi connectivity index (χ1v) is 10.2. The Morgan fingerprint density at radius 3 is 1.44 bits per heavy atom. The molecule has 2 aromatic carbocycles. The Hall–Kier alpha value is -2.52. The van der Waals surface area contributed by atoms with Crippen LogP contribution in [-0.4, -0.2) is 12.4 Å². The van der Waals surface area contributed by atoms with Gasteiger partial charge < -0.3 is 0 Å². The first kappa shape index (κ1) is 19.2. The highest BCUT2D eigenvalue weighted by molar-refractivity contribution is 7.15. The van der Waals surface area contributed by atoms with E-state index in [9.17, 15) is 0 Å². The summed E-state index contributed by atoms with van der Waals surface area (Å²) in [5.41, 5.74) is 4.64. The van der Waals surface area contributed by atoms with Gasteiger partial charge in [0, 0.05) is 22.2 Å². The maximum Gasteiger partial charge on any atom is 0.0664 e. The van der Waals surface area contributed by atoms with E-state index in [1.165, 1.54) is 11.1 Å². The molecule has 0 unspecified atom stereocenters. The summed E-state index contributed by atoms with van der Waals surface area (Å²) < 4.78 is 0. The van der Waals surface area contributed by atoms with Gasteiger partial charge in [0.25, 0.3) is 0 Å². The van der Waals surface area contributed by atoms with E-state index in [4.69, 9.17) is 9.98 Å². The highest BCUT2D eigenvalue weighted by Crippen LogP contribution is 2.28. The number of nitrogens with zero attached hydrogens (tertiary/aromatic N) is 2. The molecular formula is C24H26N2S. The van der Waals surface area contributed by atoms with Crippen LogP contribution in [0.25, 0.3) is 0 Å². The number of para-hydroxylation sites is 2. The Labute approximate surface area is 166 Å². The van der Waals surface area contributed by atoms with Gasteiger partial charge in [-0.2, -0.15) is 0 Å². The molecule has 1 aromatic heterocycles. The molecule has 0 aliphatic heterocycles. The van der Waals surface area contributed by atoms with Crippen molar-refractivity contribution in [2.24, 2.45) is 9.98 Å². The van der Waals surface area contributed by atoms with E-state index in [-0.39, 0.29) is 0 Å². The molecule has 0 radical (unpaired) electrons. The Balaban J connectivity index is 1.76. The number of hydrogen-bond donors (Lipinski definition) is 0. The molecule has 0 amide bonds. The predicted molar refractivity (Wildman–Crippen MR) is 120 cm³/mol. The molecular weight excluding hydrogens is 348 g/mol. The lowest BCUT2D eigenvalue weighted by molar-refractivity contribution is 0.867. The molecule has 0 aliphatic carbocycles. The van der Waals surface area contributed by atoms with E-state index in [2.05, 4.69) is 76.2 Å². The Bertz CT molecular complexity index is 872. The smallest absolute Gasteiger partial charge is 0.0664 e. The second kappa shape index (κ2) is 8.92. The molecule has 0 N–H and O–H groups in total. The van der Waals surface area contributed by atoms with E-state index >= 15 is 0 Å². The van der Waals surface area contributed by atoms with E-state index in [1.807, 2.05) is 24.6 Å². The molecule has 3 aromatic rings. The molecule has 0 aliphatic rings. The van der Waals surface area contributed by atoms with Crippen molar-refractivity contribution < 1.29 is 0 Å². The highest BCUT2D eigenvalue weighted by atomic mass is 32.1. The van der Waals surface area contributed by atoms with Crippen LogP contribution in [0.4, 0.5) is 11.4 Å². The van der Waals surface area contributed by atoms with Gasteiger partial charge in [0.05, 0.1) is 11.4 Å². The molecule has 0 fully saturated rings. The standard InChI is InChI=1S/C24H26N2S/c1-17(2)21-9-5-7-11-23(21)25-15-19-13-14-20(27-19)16-26-24-12-8-6-10-22(24)18(3)4/h5-18H,1-4H3.